The molecule has 0 aliphatic carbocycles. The van der Waals surface area contributed by atoms with Crippen LogP contribution in [0, 0.1) is 0 Å². The summed E-state index contributed by atoms with van der Waals surface area (Å²) in [5.74, 6) is -0.424. The number of rotatable bonds is 3. The third kappa shape index (κ3) is 1.76. The Balaban J connectivity index is 2.71. The molecule has 0 radical (unpaired) electrons. The van der Waals surface area contributed by atoms with Crippen LogP contribution in [0.4, 0.5) is 0 Å². The lowest BCUT2D eigenvalue weighted by molar-refractivity contribution is 0.100. The maximum Gasteiger partial charge on any atom is 0.250 e. The highest BCUT2D eigenvalue weighted by atomic mass is 16.1. The minimum Gasteiger partial charge on any atom is -0.366 e. The molecule has 0 atom stereocenters. The molecule has 0 fully saturated rings. The van der Waals surface area contributed by atoms with Gasteiger partial charge in [0.25, 0.3) is 5.91 Å². The largest absolute Gasteiger partial charge is 0.366 e. The van der Waals surface area contributed by atoms with Gasteiger partial charge in [-0.2, -0.15) is 0 Å². The Morgan fingerprint density at radius 1 is 1.31 bits per heavy atom. The summed E-state index contributed by atoms with van der Waals surface area (Å²) >= 11 is 0. The van der Waals surface area contributed by atoms with E-state index < -0.39 is 5.91 Å². The van der Waals surface area contributed by atoms with Crippen LogP contribution < -0.4 is 5.73 Å². The van der Waals surface area contributed by atoms with Crippen LogP contribution in [-0.4, -0.2) is 10.9 Å². The Hall–Kier alpha value is -1.90. The number of aromatic nitrogens is 1. The zero-order valence-electron chi connectivity index (χ0n) is 9.23. The van der Waals surface area contributed by atoms with Gasteiger partial charge in [-0.3, -0.25) is 9.78 Å². The molecule has 3 heteroatoms. The van der Waals surface area contributed by atoms with E-state index in [9.17, 15) is 4.79 Å². The van der Waals surface area contributed by atoms with Crippen molar-refractivity contribution in [2.24, 2.45) is 5.73 Å². The minimum atomic E-state index is -0.424. The lowest BCUT2D eigenvalue weighted by Gasteiger charge is -2.07. The SMILES string of the molecule is CCCc1ncc(C(N)=O)c2ccccc12. The molecule has 1 heterocycles. The van der Waals surface area contributed by atoms with Gasteiger partial charge >= 0.3 is 0 Å². The van der Waals surface area contributed by atoms with Gasteiger partial charge in [-0.05, 0) is 11.8 Å². The van der Waals surface area contributed by atoms with Crippen molar-refractivity contribution < 1.29 is 4.79 Å². The van der Waals surface area contributed by atoms with E-state index >= 15 is 0 Å². The van der Waals surface area contributed by atoms with Crippen LogP contribution in [0.25, 0.3) is 10.8 Å². The van der Waals surface area contributed by atoms with E-state index in [0.29, 0.717) is 5.56 Å². The standard InChI is InChI=1S/C13H14N2O/c1-2-5-12-10-7-4-3-6-9(10)11(8-15-12)13(14)16/h3-4,6-8H,2,5H2,1H3,(H2,14,16). The average Bonchev–Trinajstić information content (AvgIpc) is 2.29. The number of carbonyl (C=O) groups excluding carboxylic acids is 1. The van der Waals surface area contributed by atoms with Crippen LogP contribution in [-0.2, 0) is 6.42 Å². The number of nitrogens with two attached hydrogens (primary N) is 1. The monoisotopic (exact) mass is 214 g/mol. The Morgan fingerprint density at radius 2 is 2.00 bits per heavy atom. The van der Waals surface area contributed by atoms with Gasteiger partial charge in [0.2, 0.25) is 0 Å². The van der Waals surface area contributed by atoms with E-state index in [-0.39, 0.29) is 0 Å². The van der Waals surface area contributed by atoms with Gasteiger partial charge in [-0.1, -0.05) is 37.6 Å². The van der Waals surface area contributed by atoms with E-state index in [0.717, 1.165) is 29.3 Å². The molecule has 16 heavy (non-hydrogen) atoms. The van der Waals surface area contributed by atoms with Crippen LogP contribution >= 0.6 is 0 Å². The van der Waals surface area contributed by atoms with E-state index in [1.807, 2.05) is 24.3 Å². The number of hydrogen-bond donors (Lipinski definition) is 1. The average molecular weight is 214 g/mol. The molecular weight excluding hydrogens is 200 g/mol. The second kappa shape index (κ2) is 4.31. The Morgan fingerprint density at radius 3 is 2.62 bits per heavy atom. The number of nitrogens with zero attached hydrogens (tertiary/aromatic N) is 1. The highest BCUT2D eigenvalue weighted by Crippen LogP contribution is 2.21. The maximum atomic E-state index is 11.3. The Labute approximate surface area is 94.3 Å². The molecule has 0 aliphatic heterocycles. The minimum absolute atomic E-state index is 0.424. The van der Waals surface area contributed by atoms with Gasteiger partial charge in [-0.15, -0.1) is 0 Å². The summed E-state index contributed by atoms with van der Waals surface area (Å²) in [6.07, 6.45) is 3.53. The van der Waals surface area contributed by atoms with E-state index in [1.54, 1.807) is 6.20 Å². The molecule has 0 saturated carbocycles. The third-order valence-corrected chi connectivity index (χ3v) is 2.63. The number of amides is 1. The molecule has 0 bridgehead atoms. The quantitative estimate of drug-likeness (QED) is 0.852. The van der Waals surface area contributed by atoms with Crippen molar-refractivity contribution in [3.05, 3.63) is 41.7 Å². The van der Waals surface area contributed by atoms with Gasteiger partial charge in [0.15, 0.2) is 0 Å². The van der Waals surface area contributed by atoms with Crippen LogP contribution in [0.3, 0.4) is 0 Å². The number of aryl methyl sites for hydroxylation is 1. The molecule has 0 spiro atoms. The fraction of sp³-hybridized carbons (Fsp3) is 0.231. The number of hydrogen-bond acceptors (Lipinski definition) is 2. The first-order valence-electron chi connectivity index (χ1n) is 5.40. The molecule has 0 unspecified atom stereocenters. The molecule has 1 aromatic carbocycles. The first-order valence-corrected chi connectivity index (χ1v) is 5.40. The molecule has 1 amide bonds. The van der Waals surface area contributed by atoms with Gasteiger partial charge in [0.05, 0.1) is 5.56 Å². The summed E-state index contributed by atoms with van der Waals surface area (Å²) < 4.78 is 0. The first-order chi connectivity index (χ1) is 7.74. The normalized spacial score (nSPS) is 10.6. The molecule has 0 saturated heterocycles. The summed E-state index contributed by atoms with van der Waals surface area (Å²) in [5.41, 5.74) is 6.85. The van der Waals surface area contributed by atoms with Crippen molar-refractivity contribution >= 4 is 16.7 Å². The van der Waals surface area contributed by atoms with Crippen LogP contribution in [0.5, 0.6) is 0 Å². The summed E-state index contributed by atoms with van der Waals surface area (Å²) in [5, 5.41) is 1.93. The fourth-order valence-corrected chi connectivity index (χ4v) is 1.88. The number of primary amides is 1. The molecule has 3 nitrogen and oxygen atoms in total. The molecular formula is C13H14N2O. The zero-order chi connectivity index (χ0) is 11.5. The summed E-state index contributed by atoms with van der Waals surface area (Å²) in [6, 6.07) is 7.76. The smallest absolute Gasteiger partial charge is 0.250 e. The molecule has 1 aromatic heterocycles. The van der Waals surface area contributed by atoms with E-state index in [4.69, 9.17) is 5.73 Å². The molecule has 2 aromatic rings. The summed E-state index contributed by atoms with van der Waals surface area (Å²) in [7, 11) is 0. The predicted molar refractivity (Wildman–Crippen MR) is 64.3 cm³/mol. The lowest BCUT2D eigenvalue weighted by Crippen LogP contribution is -2.12. The summed E-state index contributed by atoms with van der Waals surface area (Å²) in [6.45, 7) is 2.11. The van der Waals surface area contributed by atoms with Crippen molar-refractivity contribution in [1.82, 2.24) is 4.98 Å². The highest BCUT2D eigenvalue weighted by Gasteiger charge is 2.09. The van der Waals surface area contributed by atoms with Gasteiger partial charge < -0.3 is 5.73 Å². The molecule has 0 aliphatic rings. The molecule has 2 N–H and O–H groups in total. The summed E-state index contributed by atoms with van der Waals surface area (Å²) in [4.78, 5) is 15.6. The second-order valence-electron chi connectivity index (χ2n) is 3.78. The second-order valence-corrected chi connectivity index (χ2v) is 3.78. The van der Waals surface area contributed by atoms with Crippen molar-refractivity contribution in [1.29, 1.82) is 0 Å². The predicted octanol–water partition coefficient (Wildman–Crippen LogP) is 2.29. The van der Waals surface area contributed by atoms with Crippen LogP contribution in [0.1, 0.15) is 29.4 Å². The zero-order valence-corrected chi connectivity index (χ0v) is 9.23. The van der Waals surface area contributed by atoms with E-state index in [1.165, 1.54) is 0 Å². The van der Waals surface area contributed by atoms with Crippen molar-refractivity contribution in [2.75, 3.05) is 0 Å². The Kier molecular flexibility index (Phi) is 2.86. The molecule has 2 rings (SSSR count). The van der Waals surface area contributed by atoms with Gasteiger partial charge in [0.1, 0.15) is 0 Å². The number of fused-ring (bicyclic) bond motifs is 1. The third-order valence-electron chi connectivity index (χ3n) is 2.63. The fourth-order valence-electron chi connectivity index (χ4n) is 1.88. The van der Waals surface area contributed by atoms with Gasteiger partial charge in [-0.25, -0.2) is 0 Å². The number of pyridine rings is 1. The lowest BCUT2D eigenvalue weighted by atomic mass is 10.0. The highest BCUT2D eigenvalue weighted by molar-refractivity contribution is 6.06. The van der Waals surface area contributed by atoms with Crippen molar-refractivity contribution in [3.8, 4) is 0 Å². The van der Waals surface area contributed by atoms with Crippen LogP contribution in [0.15, 0.2) is 30.5 Å². The molecule has 82 valence electrons. The number of carbonyl (C=O) groups is 1. The Bertz CT molecular complexity index is 534. The van der Waals surface area contributed by atoms with Gasteiger partial charge in [0, 0.05) is 17.3 Å². The van der Waals surface area contributed by atoms with Crippen molar-refractivity contribution in [2.45, 2.75) is 19.8 Å². The maximum absolute atomic E-state index is 11.3. The van der Waals surface area contributed by atoms with Crippen LogP contribution in [0.2, 0.25) is 0 Å². The topological polar surface area (TPSA) is 56.0 Å². The van der Waals surface area contributed by atoms with E-state index in [2.05, 4.69) is 11.9 Å². The van der Waals surface area contributed by atoms with Crippen molar-refractivity contribution in [3.63, 3.8) is 0 Å². The number of benzene rings is 1. The first kappa shape index (κ1) is 10.6.